The predicted octanol–water partition coefficient (Wildman–Crippen LogP) is 1.64. The number of rotatable bonds is 3. The highest BCUT2D eigenvalue weighted by molar-refractivity contribution is 5.67. The summed E-state index contributed by atoms with van der Waals surface area (Å²) in [4.78, 5) is 11.9. The van der Waals surface area contributed by atoms with Gasteiger partial charge in [-0.05, 0) is 6.92 Å². The van der Waals surface area contributed by atoms with Crippen molar-refractivity contribution in [3.63, 3.8) is 0 Å². The highest BCUT2D eigenvalue weighted by Gasteiger charge is 2.30. The number of terminal acetylenes is 1. The van der Waals surface area contributed by atoms with Crippen molar-refractivity contribution < 1.29 is 22.7 Å². The molecule has 0 radical (unpaired) electrons. The SMILES string of the molecule is C#CCN(CC)C(=O)OCC(F)(F)F. The molecule has 0 heterocycles. The second-order valence-corrected chi connectivity index (χ2v) is 2.39. The third-order valence-corrected chi connectivity index (χ3v) is 1.28. The average Bonchev–Trinajstić information content (AvgIpc) is 2.09. The first kappa shape index (κ1) is 12.6. The van der Waals surface area contributed by atoms with E-state index in [-0.39, 0.29) is 13.1 Å². The van der Waals surface area contributed by atoms with E-state index in [4.69, 9.17) is 6.42 Å². The molecular formula is C8H10F3NO2. The molecule has 0 aromatic rings. The van der Waals surface area contributed by atoms with Crippen LogP contribution in [0.3, 0.4) is 0 Å². The Morgan fingerprint density at radius 2 is 2.14 bits per heavy atom. The van der Waals surface area contributed by atoms with Crippen LogP contribution in [0.2, 0.25) is 0 Å². The molecule has 0 saturated heterocycles. The van der Waals surface area contributed by atoms with Crippen molar-refractivity contribution in [1.29, 1.82) is 0 Å². The van der Waals surface area contributed by atoms with Gasteiger partial charge in [-0.1, -0.05) is 5.92 Å². The fourth-order valence-corrected chi connectivity index (χ4v) is 0.651. The van der Waals surface area contributed by atoms with Crippen LogP contribution in [-0.4, -0.2) is 36.9 Å². The number of hydrogen-bond donors (Lipinski definition) is 0. The van der Waals surface area contributed by atoms with Gasteiger partial charge in [-0.25, -0.2) is 4.79 Å². The molecule has 0 bridgehead atoms. The van der Waals surface area contributed by atoms with Crippen LogP contribution in [-0.2, 0) is 4.74 Å². The molecule has 0 aromatic carbocycles. The third kappa shape index (κ3) is 5.30. The summed E-state index contributed by atoms with van der Waals surface area (Å²) in [5.74, 6) is 2.14. The first-order chi connectivity index (χ1) is 6.40. The summed E-state index contributed by atoms with van der Waals surface area (Å²) in [5.41, 5.74) is 0. The number of carbonyl (C=O) groups is 1. The minimum Gasteiger partial charge on any atom is -0.440 e. The van der Waals surface area contributed by atoms with Crippen LogP contribution in [0.1, 0.15) is 6.92 Å². The Labute approximate surface area is 79.8 Å². The number of carbonyl (C=O) groups excluding carboxylic acids is 1. The van der Waals surface area contributed by atoms with Gasteiger partial charge in [-0.2, -0.15) is 13.2 Å². The molecule has 0 aliphatic heterocycles. The van der Waals surface area contributed by atoms with E-state index in [1.54, 1.807) is 6.92 Å². The molecular weight excluding hydrogens is 199 g/mol. The van der Waals surface area contributed by atoms with Crippen molar-refractivity contribution in [2.45, 2.75) is 13.1 Å². The van der Waals surface area contributed by atoms with E-state index < -0.39 is 18.9 Å². The van der Waals surface area contributed by atoms with Gasteiger partial charge in [0.25, 0.3) is 0 Å². The van der Waals surface area contributed by atoms with Crippen molar-refractivity contribution in [3.8, 4) is 12.3 Å². The first-order valence-corrected chi connectivity index (χ1v) is 3.82. The van der Waals surface area contributed by atoms with E-state index >= 15 is 0 Å². The van der Waals surface area contributed by atoms with E-state index in [1.807, 2.05) is 0 Å². The summed E-state index contributed by atoms with van der Waals surface area (Å²) in [6.45, 7) is 0.146. The number of alkyl halides is 3. The molecule has 0 aliphatic rings. The number of halogens is 3. The fraction of sp³-hybridized carbons (Fsp3) is 0.625. The lowest BCUT2D eigenvalue weighted by Crippen LogP contribution is -2.34. The van der Waals surface area contributed by atoms with E-state index in [0.717, 1.165) is 4.90 Å². The minimum atomic E-state index is -4.51. The van der Waals surface area contributed by atoms with Crippen LogP contribution in [0.5, 0.6) is 0 Å². The summed E-state index contributed by atoms with van der Waals surface area (Å²) in [6.07, 6.45) is -0.659. The zero-order valence-electron chi connectivity index (χ0n) is 7.60. The van der Waals surface area contributed by atoms with Crippen molar-refractivity contribution in [3.05, 3.63) is 0 Å². The Morgan fingerprint density at radius 1 is 1.57 bits per heavy atom. The molecule has 0 saturated carbocycles. The lowest BCUT2D eigenvalue weighted by atomic mass is 10.5. The van der Waals surface area contributed by atoms with Crippen LogP contribution in [0.25, 0.3) is 0 Å². The normalized spacial score (nSPS) is 10.5. The quantitative estimate of drug-likeness (QED) is 0.661. The number of nitrogens with zero attached hydrogens (tertiary/aromatic N) is 1. The second kappa shape index (κ2) is 5.37. The predicted molar refractivity (Wildman–Crippen MR) is 43.5 cm³/mol. The molecule has 0 spiro atoms. The Bertz CT molecular complexity index is 232. The van der Waals surface area contributed by atoms with E-state index in [2.05, 4.69) is 10.7 Å². The van der Waals surface area contributed by atoms with E-state index in [0.29, 0.717) is 0 Å². The van der Waals surface area contributed by atoms with E-state index in [9.17, 15) is 18.0 Å². The first-order valence-electron chi connectivity index (χ1n) is 3.82. The van der Waals surface area contributed by atoms with Gasteiger partial charge in [-0.3, -0.25) is 4.90 Å². The highest BCUT2D eigenvalue weighted by atomic mass is 19.4. The summed E-state index contributed by atoms with van der Waals surface area (Å²) in [5, 5.41) is 0. The maximum absolute atomic E-state index is 11.6. The number of hydrogen-bond acceptors (Lipinski definition) is 2. The van der Waals surface area contributed by atoms with Crippen molar-refractivity contribution >= 4 is 6.09 Å². The third-order valence-electron chi connectivity index (χ3n) is 1.28. The Balaban J connectivity index is 4.00. The lowest BCUT2D eigenvalue weighted by Gasteiger charge is -2.17. The van der Waals surface area contributed by atoms with Gasteiger partial charge in [0.05, 0.1) is 6.54 Å². The smallest absolute Gasteiger partial charge is 0.422 e. The summed E-state index contributed by atoms with van der Waals surface area (Å²) in [7, 11) is 0. The van der Waals surface area contributed by atoms with Crippen LogP contribution in [0.4, 0.5) is 18.0 Å². The topological polar surface area (TPSA) is 29.5 Å². The molecule has 0 fully saturated rings. The van der Waals surface area contributed by atoms with Crippen LogP contribution in [0, 0.1) is 12.3 Å². The molecule has 0 aliphatic carbocycles. The Hall–Kier alpha value is -1.38. The van der Waals surface area contributed by atoms with Crippen molar-refractivity contribution in [1.82, 2.24) is 4.90 Å². The van der Waals surface area contributed by atoms with Crippen LogP contribution < -0.4 is 0 Å². The van der Waals surface area contributed by atoms with Crippen LogP contribution >= 0.6 is 0 Å². The average molecular weight is 209 g/mol. The molecule has 3 nitrogen and oxygen atoms in total. The Kier molecular flexibility index (Phi) is 4.84. The maximum Gasteiger partial charge on any atom is 0.422 e. The summed E-state index contributed by atoms with van der Waals surface area (Å²) < 4.78 is 38.9. The Morgan fingerprint density at radius 3 is 2.50 bits per heavy atom. The molecule has 0 N–H and O–H groups in total. The standard InChI is InChI=1S/C8H10F3NO2/c1-3-5-12(4-2)7(13)14-6-8(9,10)11/h1H,4-6H2,2H3. The van der Waals surface area contributed by atoms with Gasteiger partial charge in [-0.15, -0.1) is 6.42 Å². The molecule has 80 valence electrons. The van der Waals surface area contributed by atoms with Gasteiger partial charge < -0.3 is 4.74 Å². The zero-order valence-corrected chi connectivity index (χ0v) is 7.60. The van der Waals surface area contributed by atoms with Crippen LogP contribution in [0.15, 0.2) is 0 Å². The molecule has 6 heteroatoms. The second-order valence-electron chi connectivity index (χ2n) is 2.39. The van der Waals surface area contributed by atoms with Gasteiger partial charge in [0.1, 0.15) is 0 Å². The summed E-state index contributed by atoms with van der Waals surface area (Å²) in [6, 6.07) is 0. The minimum absolute atomic E-state index is 0.0623. The molecule has 0 aromatic heterocycles. The molecule has 0 rings (SSSR count). The molecule has 1 amide bonds. The number of amides is 1. The van der Waals surface area contributed by atoms with Crippen molar-refractivity contribution in [2.24, 2.45) is 0 Å². The van der Waals surface area contributed by atoms with Crippen molar-refractivity contribution in [2.75, 3.05) is 19.7 Å². The maximum atomic E-state index is 11.6. The molecule has 0 unspecified atom stereocenters. The van der Waals surface area contributed by atoms with Gasteiger partial charge in [0, 0.05) is 6.54 Å². The zero-order chi connectivity index (χ0) is 11.2. The largest absolute Gasteiger partial charge is 0.440 e. The van der Waals surface area contributed by atoms with Gasteiger partial charge >= 0.3 is 12.3 Å². The molecule has 0 atom stereocenters. The lowest BCUT2D eigenvalue weighted by molar-refractivity contribution is -0.162. The van der Waals surface area contributed by atoms with Gasteiger partial charge in [0.15, 0.2) is 6.61 Å². The fourth-order valence-electron chi connectivity index (χ4n) is 0.651. The van der Waals surface area contributed by atoms with Gasteiger partial charge in [0.2, 0.25) is 0 Å². The molecule has 14 heavy (non-hydrogen) atoms. The monoisotopic (exact) mass is 209 g/mol. The highest BCUT2D eigenvalue weighted by Crippen LogP contribution is 2.14. The number of ether oxygens (including phenoxy) is 1. The summed E-state index contributed by atoms with van der Waals surface area (Å²) >= 11 is 0. The van der Waals surface area contributed by atoms with E-state index in [1.165, 1.54) is 0 Å².